The zero-order valence-electron chi connectivity index (χ0n) is 17.2. The second kappa shape index (κ2) is 8.95. The van der Waals surface area contributed by atoms with Crippen LogP contribution >= 0.6 is 0 Å². The summed E-state index contributed by atoms with van der Waals surface area (Å²) in [6.07, 6.45) is 4.33. The van der Waals surface area contributed by atoms with Crippen molar-refractivity contribution < 1.29 is 0 Å². The van der Waals surface area contributed by atoms with Gasteiger partial charge in [0.1, 0.15) is 5.82 Å². The highest BCUT2D eigenvalue weighted by Crippen LogP contribution is 2.25. The highest BCUT2D eigenvalue weighted by Gasteiger charge is 2.15. The molecule has 0 spiro atoms. The molecule has 0 aliphatic carbocycles. The Bertz CT molecular complexity index is 902. The summed E-state index contributed by atoms with van der Waals surface area (Å²) in [4.78, 5) is 11.4. The molecule has 0 amide bonds. The number of hydrogen-bond donors (Lipinski definition) is 2. The fraction of sp³-hybridized carbons (Fsp3) is 0.333. The fourth-order valence-corrected chi connectivity index (χ4v) is 3.69. The lowest BCUT2D eigenvalue weighted by atomic mass is 9.99. The number of benzene rings is 2. The molecule has 1 saturated heterocycles. The van der Waals surface area contributed by atoms with Crippen molar-refractivity contribution in [3.8, 4) is 0 Å². The zero-order chi connectivity index (χ0) is 20.1. The molecule has 1 unspecified atom stereocenters. The van der Waals surface area contributed by atoms with Crippen LogP contribution < -0.4 is 15.5 Å². The zero-order valence-corrected chi connectivity index (χ0v) is 17.2. The van der Waals surface area contributed by atoms with E-state index in [-0.39, 0.29) is 6.04 Å². The van der Waals surface area contributed by atoms with Gasteiger partial charge in [0.25, 0.3) is 0 Å². The SMILES string of the molecule is CC1CCN(c2ccc(Nc3ccnc(NC(C)c4ccccc4)n3)cc2)CC1. The Morgan fingerprint density at radius 3 is 2.41 bits per heavy atom. The molecule has 2 aromatic carbocycles. The van der Waals surface area contributed by atoms with Crippen LogP contribution in [-0.4, -0.2) is 23.1 Å². The summed E-state index contributed by atoms with van der Waals surface area (Å²) in [5, 5.41) is 6.76. The van der Waals surface area contributed by atoms with Crippen molar-refractivity contribution >= 4 is 23.1 Å². The Kier molecular flexibility index (Phi) is 5.94. The van der Waals surface area contributed by atoms with Crippen molar-refractivity contribution in [1.82, 2.24) is 9.97 Å². The molecule has 1 aliphatic rings. The van der Waals surface area contributed by atoms with E-state index in [1.165, 1.54) is 24.1 Å². The third-order valence-corrected chi connectivity index (χ3v) is 5.59. The highest BCUT2D eigenvalue weighted by molar-refractivity contribution is 5.61. The first kappa shape index (κ1) is 19.2. The summed E-state index contributed by atoms with van der Waals surface area (Å²) < 4.78 is 0. The molecule has 2 heterocycles. The van der Waals surface area contributed by atoms with Crippen molar-refractivity contribution in [3.05, 3.63) is 72.4 Å². The van der Waals surface area contributed by atoms with Gasteiger partial charge in [-0.2, -0.15) is 4.98 Å². The van der Waals surface area contributed by atoms with Crippen LogP contribution in [0.3, 0.4) is 0 Å². The molecule has 0 radical (unpaired) electrons. The van der Waals surface area contributed by atoms with Gasteiger partial charge in [0.15, 0.2) is 0 Å². The molecule has 1 fully saturated rings. The van der Waals surface area contributed by atoms with Gasteiger partial charge >= 0.3 is 0 Å². The van der Waals surface area contributed by atoms with Gasteiger partial charge in [-0.25, -0.2) is 4.98 Å². The van der Waals surface area contributed by atoms with Gasteiger partial charge in [0, 0.05) is 30.7 Å². The maximum absolute atomic E-state index is 4.61. The van der Waals surface area contributed by atoms with Gasteiger partial charge in [0.05, 0.1) is 6.04 Å². The van der Waals surface area contributed by atoms with Crippen LogP contribution in [0.4, 0.5) is 23.1 Å². The minimum atomic E-state index is 0.137. The number of piperidine rings is 1. The largest absolute Gasteiger partial charge is 0.372 e. The standard InChI is InChI=1S/C24H29N5/c1-18-13-16-29(17-14-18)22-10-8-21(9-11-22)27-23-12-15-25-24(28-23)26-19(2)20-6-4-3-5-7-20/h3-12,15,18-19H,13-14,16-17H2,1-2H3,(H2,25,26,27,28). The van der Waals surface area contributed by atoms with Crippen LogP contribution in [0.2, 0.25) is 0 Å². The first-order valence-electron chi connectivity index (χ1n) is 10.4. The molecular formula is C24H29N5. The Morgan fingerprint density at radius 1 is 0.966 bits per heavy atom. The smallest absolute Gasteiger partial charge is 0.225 e. The monoisotopic (exact) mass is 387 g/mol. The minimum absolute atomic E-state index is 0.137. The van der Waals surface area contributed by atoms with Crippen LogP contribution in [0.25, 0.3) is 0 Å². The molecule has 1 atom stereocenters. The Morgan fingerprint density at radius 2 is 1.69 bits per heavy atom. The van der Waals surface area contributed by atoms with Crippen molar-refractivity contribution in [2.45, 2.75) is 32.7 Å². The van der Waals surface area contributed by atoms with E-state index >= 15 is 0 Å². The van der Waals surface area contributed by atoms with Crippen LogP contribution in [0.5, 0.6) is 0 Å². The highest BCUT2D eigenvalue weighted by atomic mass is 15.2. The van der Waals surface area contributed by atoms with Crippen molar-refractivity contribution in [2.24, 2.45) is 5.92 Å². The number of rotatable bonds is 6. The summed E-state index contributed by atoms with van der Waals surface area (Å²) in [6.45, 7) is 6.75. The van der Waals surface area contributed by atoms with E-state index in [0.717, 1.165) is 30.5 Å². The minimum Gasteiger partial charge on any atom is -0.372 e. The Hall–Kier alpha value is -3.08. The van der Waals surface area contributed by atoms with Gasteiger partial charge in [-0.1, -0.05) is 37.3 Å². The number of aromatic nitrogens is 2. The lowest BCUT2D eigenvalue weighted by Crippen LogP contribution is -2.32. The molecule has 5 nitrogen and oxygen atoms in total. The third kappa shape index (κ3) is 5.05. The normalized spacial score (nSPS) is 15.7. The van der Waals surface area contributed by atoms with Gasteiger partial charge in [-0.15, -0.1) is 0 Å². The topological polar surface area (TPSA) is 53.1 Å². The molecule has 5 heteroatoms. The van der Waals surface area contributed by atoms with Gasteiger partial charge in [-0.3, -0.25) is 0 Å². The first-order chi connectivity index (χ1) is 14.2. The van der Waals surface area contributed by atoms with Crippen LogP contribution in [0.15, 0.2) is 66.9 Å². The number of hydrogen-bond acceptors (Lipinski definition) is 5. The number of nitrogens with one attached hydrogen (secondary N) is 2. The van der Waals surface area contributed by atoms with Gasteiger partial charge in [-0.05, 0) is 61.6 Å². The van der Waals surface area contributed by atoms with Gasteiger partial charge in [0.2, 0.25) is 5.95 Å². The van der Waals surface area contributed by atoms with E-state index < -0.39 is 0 Å². The quantitative estimate of drug-likeness (QED) is 0.574. The maximum atomic E-state index is 4.61. The number of anilines is 4. The van der Waals surface area contributed by atoms with E-state index in [1.807, 2.05) is 24.3 Å². The molecule has 2 N–H and O–H groups in total. The van der Waals surface area contributed by atoms with Crippen molar-refractivity contribution in [1.29, 1.82) is 0 Å². The van der Waals surface area contributed by atoms with E-state index in [2.05, 4.69) is 75.7 Å². The van der Waals surface area contributed by atoms with Crippen LogP contribution in [-0.2, 0) is 0 Å². The maximum Gasteiger partial charge on any atom is 0.225 e. The van der Waals surface area contributed by atoms with E-state index in [1.54, 1.807) is 6.20 Å². The first-order valence-corrected chi connectivity index (χ1v) is 10.4. The molecular weight excluding hydrogens is 358 g/mol. The van der Waals surface area contributed by atoms with E-state index in [4.69, 9.17) is 0 Å². The molecule has 3 aromatic rings. The van der Waals surface area contributed by atoms with Crippen LogP contribution in [0.1, 0.15) is 38.3 Å². The molecule has 1 aromatic heterocycles. The molecule has 29 heavy (non-hydrogen) atoms. The number of nitrogens with zero attached hydrogens (tertiary/aromatic N) is 3. The summed E-state index contributed by atoms with van der Waals surface area (Å²) in [6, 6.07) is 21.0. The van der Waals surface area contributed by atoms with E-state index in [9.17, 15) is 0 Å². The summed E-state index contributed by atoms with van der Waals surface area (Å²) in [7, 11) is 0. The Labute approximate surface area is 173 Å². The molecule has 4 rings (SSSR count). The van der Waals surface area contributed by atoms with Crippen molar-refractivity contribution in [3.63, 3.8) is 0 Å². The van der Waals surface area contributed by atoms with Crippen LogP contribution in [0, 0.1) is 5.92 Å². The molecule has 1 aliphatic heterocycles. The average molecular weight is 388 g/mol. The average Bonchev–Trinajstić information content (AvgIpc) is 2.76. The summed E-state index contributed by atoms with van der Waals surface area (Å²) >= 11 is 0. The Balaban J connectivity index is 1.39. The van der Waals surface area contributed by atoms with Crippen molar-refractivity contribution in [2.75, 3.05) is 28.6 Å². The third-order valence-electron chi connectivity index (χ3n) is 5.59. The molecule has 150 valence electrons. The second-order valence-corrected chi connectivity index (χ2v) is 7.88. The molecule has 0 saturated carbocycles. The van der Waals surface area contributed by atoms with Gasteiger partial charge < -0.3 is 15.5 Å². The molecule has 0 bridgehead atoms. The summed E-state index contributed by atoms with van der Waals surface area (Å²) in [5.74, 6) is 2.24. The second-order valence-electron chi connectivity index (χ2n) is 7.88. The predicted molar refractivity (Wildman–Crippen MR) is 121 cm³/mol. The fourth-order valence-electron chi connectivity index (χ4n) is 3.69. The predicted octanol–water partition coefficient (Wildman–Crippen LogP) is 5.63. The summed E-state index contributed by atoms with van der Waals surface area (Å²) in [5.41, 5.74) is 3.53. The lowest BCUT2D eigenvalue weighted by molar-refractivity contribution is 0.438. The lowest BCUT2D eigenvalue weighted by Gasteiger charge is -2.32. The van der Waals surface area contributed by atoms with E-state index in [0.29, 0.717) is 5.95 Å².